The van der Waals surface area contributed by atoms with E-state index in [0.29, 0.717) is 23.6 Å². The standard InChI is InChI=1S/C21H24N2O4/c1-4-26-19-11-16-10-14(2)27-18(16)12-17(19)22-20(24)13-23(3)21(25)15-8-6-5-7-9-15/h5-9,11-12,14H,4,10,13H2,1-3H3,(H,22,24). The fourth-order valence-corrected chi connectivity index (χ4v) is 3.09. The highest BCUT2D eigenvalue weighted by Gasteiger charge is 2.23. The summed E-state index contributed by atoms with van der Waals surface area (Å²) in [6.45, 7) is 4.32. The largest absolute Gasteiger partial charge is 0.492 e. The Hall–Kier alpha value is -3.02. The Labute approximate surface area is 159 Å². The van der Waals surface area contributed by atoms with Crippen molar-refractivity contribution < 1.29 is 19.1 Å². The number of rotatable bonds is 6. The monoisotopic (exact) mass is 368 g/mol. The maximum Gasteiger partial charge on any atom is 0.254 e. The zero-order valence-corrected chi connectivity index (χ0v) is 15.8. The lowest BCUT2D eigenvalue weighted by molar-refractivity contribution is -0.116. The second-order valence-corrected chi connectivity index (χ2v) is 6.60. The van der Waals surface area contributed by atoms with Crippen LogP contribution in [0.1, 0.15) is 29.8 Å². The number of ether oxygens (including phenoxy) is 2. The summed E-state index contributed by atoms with van der Waals surface area (Å²) in [6.07, 6.45) is 0.924. The molecule has 1 N–H and O–H groups in total. The minimum Gasteiger partial charge on any atom is -0.492 e. The molecule has 1 aliphatic rings. The molecule has 1 aliphatic heterocycles. The highest BCUT2D eigenvalue weighted by molar-refractivity contribution is 5.99. The molecule has 142 valence electrons. The molecule has 2 aromatic carbocycles. The molecule has 2 amide bonds. The zero-order chi connectivity index (χ0) is 19.4. The summed E-state index contributed by atoms with van der Waals surface area (Å²) in [4.78, 5) is 26.3. The molecule has 1 heterocycles. The van der Waals surface area contributed by atoms with E-state index >= 15 is 0 Å². The lowest BCUT2D eigenvalue weighted by Crippen LogP contribution is -2.35. The van der Waals surface area contributed by atoms with Gasteiger partial charge in [0.05, 0.1) is 18.8 Å². The number of anilines is 1. The smallest absolute Gasteiger partial charge is 0.254 e. The van der Waals surface area contributed by atoms with E-state index in [9.17, 15) is 9.59 Å². The van der Waals surface area contributed by atoms with Crippen molar-refractivity contribution in [2.75, 3.05) is 25.5 Å². The quantitative estimate of drug-likeness (QED) is 0.851. The first-order valence-corrected chi connectivity index (χ1v) is 9.04. The molecule has 0 saturated heterocycles. The van der Waals surface area contributed by atoms with Gasteiger partial charge in [-0.2, -0.15) is 0 Å². The lowest BCUT2D eigenvalue weighted by Gasteiger charge is -2.18. The van der Waals surface area contributed by atoms with Crippen molar-refractivity contribution in [2.24, 2.45) is 0 Å². The summed E-state index contributed by atoms with van der Waals surface area (Å²) in [5, 5.41) is 2.84. The van der Waals surface area contributed by atoms with Gasteiger partial charge in [0, 0.05) is 30.7 Å². The number of amides is 2. The molecular formula is C21H24N2O4. The van der Waals surface area contributed by atoms with E-state index in [4.69, 9.17) is 9.47 Å². The van der Waals surface area contributed by atoms with E-state index in [0.717, 1.165) is 17.7 Å². The van der Waals surface area contributed by atoms with Crippen molar-refractivity contribution in [3.63, 3.8) is 0 Å². The van der Waals surface area contributed by atoms with Crippen LogP contribution in [0.5, 0.6) is 11.5 Å². The van der Waals surface area contributed by atoms with Gasteiger partial charge in [0.1, 0.15) is 17.6 Å². The van der Waals surface area contributed by atoms with E-state index in [1.54, 1.807) is 37.4 Å². The Morgan fingerprint density at radius 2 is 2.00 bits per heavy atom. The average Bonchev–Trinajstić information content (AvgIpc) is 3.01. The highest BCUT2D eigenvalue weighted by atomic mass is 16.5. The number of hydrogen-bond donors (Lipinski definition) is 1. The Kier molecular flexibility index (Phi) is 5.64. The summed E-state index contributed by atoms with van der Waals surface area (Å²) in [6, 6.07) is 12.6. The molecule has 0 saturated carbocycles. The third kappa shape index (κ3) is 4.39. The maximum atomic E-state index is 12.5. The van der Waals surface area contributed by atoms with Crippen molar-refractivity contribution in [3.05, 3.63) is 53.6 Å². The van der Waals surface area contributed by atoms with Gasteiger partial charge in [-0.1, -0.05) is 18.2 Å². The molecule has 27 heavy (non-hydrogen) atoms. The van der Waals surface area contributed by atoms with E-state index in [1.807, 2.05) is 26.0 Å². The molecule has 0 bridgehead atoms. The van der Waals surface area contributed by atoms with E-state index in [2.05, 4.69) is 5.32 Å². The number of carbonyl (C=O) groups is 2. The fraction of sp³-hybridized carbons (Fsp3) is 0.333. The number of fused-ring (bicyclic) bond motifs is 1. The first-order chi connectivity index (χ1) is 13.0. The minimum atomic E-state index is -0.297. The van der Waals surface area contributed by atoms with Crippen molar-refractivity contribution in [3.8, 4) is 11.5 Å². The average molecular weight is 368 g/mol. The predicted octanol–water partition coefficient (Wildman–Crippen LogP) is 3.12. The molecule has 0 radical (unpaired) electrons. The highest BCUT2D eigenvalue weighted by Crippen LogP contribution is 2.38. The molecule has 0 spiro atoms. The van der Waals surface area contributed by atoms with Gasteiger partial charge in [0.15, 0.2) is 0 Å². The molecular weight excluding hydrogens is 344 g/mol. The Morgan fingerprint density at radius 3 is 2.70 bits per heavy atom. The van der Waals surface area contributed by atoms with Crippen LogP contribution in [0, 0.1) is 0 Å². The number of nitrogens with zero attached hydrogens (tertiary/aromatic N) is 1. The van der Waals surface area contributed by atoms with Gasteiger partial charge < -0.3 is 19.7 Å². The first-order valence-electron chi connectivity index (χ1n) is 9.04. The number of nitrogens with one attached hydrogen (secondary N) is 1. The maximum absolute atomic E-state index is 12.5. The van der Waals surface area contributed by atoms with Crippen molar-refractivity contribution in [2.45, 2.75) is 26.4 Å². The molecule has 1 unspecified atom stereocenters. The van der Waals surface area contributed by atoms with E-state index in [1.165, 1.54) is 4.90 Å². The van der Waals surface area contributed by atoms with Gasteiger partial charge in [0.2, 0.25) is 5.91 Å². The molecule has 0 fully saturated rings. The molecule has 0 aliphatic carbocycles. The fourth-order valence-electron chi connectivity index (χ4n) is 3.09. The van der Waals surface area contributed by atoms with Gasteiger partial charge >= 0.3 is 0 Å². The molecule has 3 rings (SSSR count). The van der Waals surface area contributed by atoms with Crippen LogP contribution in [0.4, 0.5) is 5.69 Å². The van der Waals surface area contributed by atoms with Crippen LogP contribution in [0.25, 0.3) is 0 Å². The second-order valence-electron chi connectivity index (χ2n) is 6.60. The molecule has 2 aromatic rings. The van der Waals surface area contributed by atoms with Crippen LogP contribution in [-0.4, -0.2) is 43.0 Å². The van der Waals surface area contributed by atoms with Crippen LogP contribution in [0.15, 0.2) is 42.5 Å². The van der Waals surface area contributed by atoms with E-state index in [-0.39, 0.29) is 24.5 Å². The van der Waals surface area contributed by atoms with Crippen molar-refractivity contribution in [1.82, 2.24) is 4.90 Å². The lowest BCUT2D eigenvalue weighted by atomic mass is 10.1. The van der Waals surface area contributed by atoms with Crippen LogP contribution < -0.4 is 14.8 Å². The van der Waals surface area contributed by atoms with Crippen LogP contribution in [-0.2, 0) is 11.2 Å². The van der Waals surface area contributed by atoms with Gasteiger partial charge in [0.25, 0.3) is 5.91 Å². The van der Waals surface area contributed by atoms with Crippen molar-refractivity contribution in [1.29, 1.82) is 0 Å². The minimum absolute atomic E-state index is 0.0619. The molecule has 6 heteroatoms. The number of likely N-dealkylation sites (N-methyl/N-ethyl adjacent to an activating group) is 1. The SMILES string of the molecule is CCOc1cc2c(cc1NC(=O)CN(C)C(=O)c1ccccc1)OC(C)C2. The Balaban J connectivity index is 1.70. The van der Waals surface area contributed by atoms with Gasteiger partial charge in [-0.25, -0.2) is 0 Å². The number of carbonyl (C=O) groups excluding carboxylic acids is 2. The van der Waals surface area contributed by atoms with Crippen LogP contribution in [0.2, 0.25) is 0 Å². The van der Waals surface area contributed by atoms with Crippen LogP contribution >= 0.6 is 0 Å². The third-order valence-electron chi connectivity index (χ3n) is 4.32. The predicted molar refractivity (Wildman–Crippen MR) is 103 cm³/mol. The summed E-state index contributed by atoms with van der Waals surface area (Å²) in [7, 11) is 1.60. The molecule has 6 nitrogen and oxygen atoms in total. The van der Waals surface area contributed by atoms with Gasteiger partial charge in [-0.05, 0) is 32.0 Å². The Morgan fingerprint density at radius 1 is 1.26 bits per heavy atom. The zero-order valence-electron chi connectivity index (χ0n) is 15.8. The van der Waals surface area contributed by atoms with Gasteiger partial charge in [-0.3, -0.25) is 9.59 Å². The second kappa shape index (κ2) is 8.12. The summed E-state index contributed by atoms with van der Waals surface area (Å²) >= 11 is 0. The molecule has 0 aromatic heterocycles. The summed E-state index contributed by atoms with van der Waals surface area (Å²) in [5.41, 5.74) is 2.17. The third-order valence-corrected chi connectivity index (χ3v) is 4.32. The number of benzene rings is 2. The van der Waals surface area contributed by atoms with Gasteiger partial charge in [-0.15, -0.1) is 0 Å². The first kappa shape index (κ1) is 18.8. The summed E-state index contributed by atoms with van der Waals surface area (Å²) in [5.74, 6) is 0.866. The molecule has 1 atom stereocenters. The normalized spacial score (nSPS) is 14.9. The van der Waals surface area contributed by atoms with Crippen LogP contribution in [0.3, 0.4) is 0 Å². The summed E-state index contributed by atoms with van der Waals surface area (Å²) < 4.78 is 11.4. The topological polar surface area (TPSA) is 67.9 Å². The number of hydrogen-bond acceptors (Lipinski definition) is 4. The van der Waals surface area contributed by atoms with Crippen molar-refractivity contribution >= 4 is 17.5 Å². The Bertz CT molecular complexity index is 836. The van der Waals surface area contributed by atoms with E-state index < -0.39 is 0 Å².